The van der Waals surface area contributed by atoms with Crippen LogP contribution in [0.5, 0.6) is 0 Å². The summed E-state index contributed by atoms with van der Waals surface area (Å²) in [7, 11) is 0. The first-order valence-electron chi connectivity index (χ1n) is 8.10. The van der Waals surface area contributed by atoms with Gasteiger partial charge in [0.2, 0.25) is 5.95 Å². The second-order valence-corrected chi connectivity index (χ2v) is 5.73. The second-order valence-electron chi connectivity index (χ2n) is 5.73. The number of hydrogen-bond donors (Lipinski definition) is 0. The molecule has 120 valence electrons. The third-order valence-electron chi connectivity index (χ3n) is 4.41. The molecule has 0 spiro atoms. The lowest BCUT2D eigenvalue weighted by Gasteiger charge is -2.28. The van der Waals surface area contributed by atoms with Gasteiger partial charge in [-0.3, -0.25) is 0 Å². The molecule has 2 aromatic rings. The van der Waals surface area contributed by atoms with Gasteiger partial charge in [0.15, 0.2) is 0 Å². The summed E-state index contributed by atoms with van der Waals surface area (Å²) in [5.74, 6) is 1.84. The van der Waals surface area contributed by atoms with E-state index in [4.69, 9.17) is 14.7 Å². The van der Waals surface area contributed by atoms with Crippen LogP contribution in [0.25, 0.3) is 11.3 Å². The van der Waals surface area contributed by atoms with Crippen LogP contribution in [0.4, 0.5) is 11.8 Å². The molecule has 0 aliphatic carbocycles. The van der Waals surface area contributed by atoms with Gasteiger partial charge in [0.1, 0.15) is 12.1 Å². The first-order chi connectivity index (χ1) is 11.4. The molecule has 2 aromatic heterocycles. The topological polar surface area (TPSA) is 67.3 Å². The first-order valence-corrected chi connectivity index (χ1v) is 8.10. The summed E-state index contributed by atoms with van der Waals surface area (Å²) in [5, 5.41) is 0. The van der Waals surface area contributed by atoms with Gasteiger partial charge in [-0.15, -0.1) is 0 Å². The van der Waals surface area contributed by atoms with Crippen molar-refractivity contribution in [3.8, 4) is 11.3 Å². The SMILES string of the molecule is CCN1CCc2c(-c3cncnc3)nc(N3CCOCC3)nc21. The highest BCUT2D eigenvalue weighted by Gasteiger charge is 2.27. The fourth-order valence-corrected chi connectivity index (χ4v) is 3.18. The molecule has 4 heterocycles. The standard InChI is InChI=1S/C16H20N6O/c1-2-21-4-3-13-14(12-9-17-11-18-10-12)19-16(20-15(13)21)22-5-7-23-8-6-22/h9-11H,2-8H2,1H3. The van der Waals surface area contributed by atoms with Crippen molar-refractivity contribution in [2.75, 3.05) is 49.2 Å². The molecule has 0 atom stereocenters. The molecule has 2 aliphatic rings. The van der Waals surface area contributed by atoms with Crippen molar-refractivity contribution in [1.82, 2.24) is 19.9 Å². The summed E-state index contributed by atoms with van der Waals surface area (Å²) in [6, 6.07) is 0. The van der Waals surface area contributed by atoms with Gasteiger partial charge in [-0.05, 0) is 13.3 Å². The van der Waals surface area contributed by atoms with E-state index in [2.05, 4.69) is 26.7 Å². The molecule has 0 unspecified atom stereocenters. The van der Waals surface area contributed by atoms with E-state index in [1.807, 2.05) is 12.4 Å². The Labute approximate surface area is 135 Å². The van der Waals surface area contributed by atoms with E-state index < -0.39 is 0 Å². The highest BCUT2D eigenvalue weighted by atomic mass is 16.5. The van der Waals surface area contributed by atoms with Crippen LogP contribution in [-0.4, -0.2) is 59.3 Å². The zero-order valence-electron chi connectivity index (χ0n) is 13.3. The fourth-order valence-electron chi connectivity index (χ4n) is 3.18. The van der Waals surface area contributed by atoms with Crippen molar-refractivity contribution in [3.05, 3.63) is 24.3 Å². The van der Waals surface area contributed by atoms with E-state index >= 15 is 0 Å². The lowest BCUT2D eigenvalue weighted by Crippen LogP contribution is -2.37. The van der Waals surface area contributed by atoms with E-state index in [0.717, 1.165) is 68.8 Å². The predicted molar refractivity (Wildman–Crippen MR) is 87.7 cm³/mol. The Morgan fingerprint density at radius 1 is 1.09 bits per heavy atom. The Balaban J connectivity index is 1.82. The van der Waals surface area contributed by atoms with E-state index in [1.165, 1.54) is 5.56 Å². The number of aromatic nitrogens is 4. The number of fused-ring (bicyclic) bond motifs is 1. The van der Waals surface area contributed by atoms with Gasteiger partial charge in [-0.2, -0.15) is 4.98 Å². The van der Waals surface area contributed by atoms with Crippen LogP contribution in [0.15, 0.2) is 18.7 Å². The molecular weight excluding hydrogens is 292 g/mol. The van der Waals surface area contributed by atoms with Crippen molar-refractivity contribution in [1.29, 1.82) is 0 Å². The average molecular weight is 312 g/mol. The van der Waals surface area contributed by atoms with E-state index in [0.29, 0.717) is 0 Å². The molecule has 2 aliphatic heterocycles. The Kier molecular flexibility index (Phi) is 3.78. The summed E-state index contributed by atoms with van der Waals surface area (Å²) in [4.78, 5) is 22.5. The highest BCUT2D eigenvalue weighted by molar-refractivity contribution is 5.72. The van der Waals surface area contributed by atoms with Crippen molar-refractivity contribution in [2.24, 2.45) is 0 Å². The Hall–Kier alpha value is -2.28. The quantitative estimate of drug-likeness (QED) is 0.842. The zero-order valence-corrected chi connectivity index (χ0v) is 13.3. The van der Waals surface area contributed by atoms with Gasteiger partial charge in [-0.1, -0.05) is 0 Å². The fraction of sp³-hybridized carbons (Fsp3) is 0.500. The number of nitrogens with zero attached hydrogens (tertiary/aromatic N) is 6. The summed E-state index contributed by atoms with van der Waals surface area (Å²) in [6.07, 6.45) is 6.17. The molecule has 7 nitrogen and oxygen atoms in total. The second kappa shape index (κ2) is 6.08. The minimum Gasteiger partial charge on any atom is -0.378 e. The molecule has 1 saturated heterocycles. The maximum absolute atomic E-state index is 5.44. The lowest BCUT2D eigenvalue weighted by molar-refractivity contribution is 0.122. The highest BCUT2D eigenvalue weighted by Crippen LogP contribution is 2.34. The Bertz CT molecular complexity index is 686. The van der Waals surface area contributed by atoms with Gasteiger partial charge in [0.05, 0.1) is 18.9 Å². The number of morpholine rings is 1. The van der Waals surface area contributed by atoms with Crippen molar-refractivity contribution in [3.63, 3.8) is 0 Å². The zero-order chi connectivity index (χ0) is 15.6. The van der Waals surface area contributed by atoms with Crippen molar-refractivity contribution < 1.29 is 4.74 Å². The predicted octanol–water partition coefficient (Wildman–Crippen LogP) is 1.15. The van der Waals surface area contributed by atoms with Gasteiger partial charge in [0.25, 0.3) is 0 Å². The summed E-state index contributed by atoms with van der Waals surface area (Å²) >= 11 is 0. The molecule has 0 saturated carbocycles. The third kappa shape index (κ3) is 2.61. The van der Waals surface area contributed by atoms with Gasteiger partial charge in [-0.25, -0.2) is 15.0 Å². The minimum absolute atomic E-state index is 0.724. The number of anilines is 2. The minimum atomic E-state index is 0.724. The molecule has 4 rings (SSSR count). The monoisotopic (exact) mass is 312 g/mol. The van der Waals surface area contributed by atoms with Crippen LogP contribution < -0.4 is 9.80 Å². The number of hydrogen-bond acceptors (Lipinski definition) is 7. The Morgan fingerprint density at radius 3 is 2.61 bits per heavy atom. The first kappa shape index (κ1) is 14.3. The van der Waals surface area contributed by atoms with Crippen molar-refractivity contribution in [2.45, 2.75) is 13.3 Å². The molecule has 0 amide bonds. The van der Waals surface area contributed by atoms with Gasteiger partial charge >= 0.3 is 0 Å². The van der Waals surface area contributed by atoms with E-state index in [1.54, 1.807) is 6.33 Å². The smallest absolute Gasteiger partial charge is 0.228 e. The molecule has 0 radical (unpaired) electrons. The maximum Gasteiger partial charge on any atom is 0.228 e. The van der Waals surface area contributed by atoms with Crippen LogP contribution in [0.1, 0.15) is 12.5 Å². The maximum atomic E-state index is 5.44. The molecule has 0 N–H and O–H groups in total. The number of ether oxygens (including phenoxy) is 1. The molecule has 7 heteroatoms. The van der Waals surface area contributed by atoms with Crippen LogP contribution in [0.3, 0.4) is 0 Å². The van der Waals surface area contributed by atoms with Crippen LogP contribution in [0, 0.1) is 0 Å². The summed E-state index contributed by atoms with van der Waals surface area (Å²) < 4.78 is 5.44. The molecule has 23 heavy (non-hydrogen) atoms. The summed E-state index contributed by atoms with van der Waals surface area (Å²) in [5.41, 5.74) is 3.13. The lowest BCUT2D eigenvalue weighted by atomic mass is 10.1. The van der Waals surface area contributed by atoms with E-state index in [9.17, 15) is 0 Å². The molecule has 0 aromatic carbocycles. The van der Waals surface area contributed by atoms with Gasteiger partial charge in [0, 0.05) is 49.7 Å². The Morgan fingerprint density at radius 2 is 1.87 bits per heavy atom. The van der Waals surface area contributed by atoms with Gasteiger partial charge < -0.3 is 14.5 Å². The summed E-state index contributed by atoms with van der Waals surface area (Å²) in [6.45, 7) is 7.22. The van der Waals surface area contributed by atoms with Crippen molar-refractivity contribution >= 4 is 11.8 Å². The molecule has 0 bridgehead atoms. The molecule has 1 fully saturated rings. The van der Waals surface area contributed by atoms with Crippen LogP contribution >= 0.6 is 0 Å². The largest absolute Gasteiger partial charge is 0.378 e. The average Bonchev–Trinajstić information content (AvgIpc) is 3.05. The number of likely N-dealkylation sites (N-methyl/N-ethyl adjacent to an activating group) is 1. The number of rotatable bonds is 3. The van der Waals surface area contributed by atoms with Crippen LogP contribution in [-0.2, 0) is 11.2 Å². The molecular formula is C16H20N6O. The third-order valence-corrected chi connectivity index (χ3v) is 4.41. The normalized spacial score (nSPS) is 17.4. The van der Waals surface area contributed by atoms with Crippen LogP contribution in [0.2, 0.25) is 0 Å². The van der Waals surface area contributed by atoms with E-state index in [-0.39, 0.29) is 0 Å².